The first-order chi connectivity index (χ1) is 9.31. The number of ketones is 1. The fraction of sp³-hybridized carbons (Fsp3) is 0.235. The van der Waals surface area contributed by atoms with Crippen molar-refractivity contribution in [1.82, 2.24) is 0 Å². The zero-order chi connectivity index (χ0) is 13.1. The second-order valence-electron chi connectivity index (χ2n) is 4.92. The van der Waals surface area contributed by atoms with Crippen molar-refractivity contribution in [2.75, 3.05) is 0 Å². The predicted octanol–water partition coefficient (Wildman–Crippen LogP) is 3.32. The van der Waals surface area contributed by atoms with Crippen LogP contribution in [0.15, 0.2) is 48.5 Å². The van der Waals surface area contributed by atoms with E-state index in [1.165, 1.54) is 5.56 Å². The Bertz CT molecular complexity index is 587. The van der Waals surface area contributed by atoms with Gasteiger partial charge in [0.1, 0.15) is 18.1 Å². The summed E-state index contributed by atoms with van der Waals surface area (Å²) in [5.74, 6) is 1.22. The van der Waals surface area contributed by atoms with Gasteiger partial charge in [-0.2, -0.15) is 0 Å². The molecule has 0 spiro atoms. The van der Waals surface area contributed by atoms with E-state index in [2.05, 4.69) is 18.2 Å². The molecule has 1 aliphatic carbocycles. The zero-order valence-corrected chi connectivity index (χ0v) is 10.8. The molecule has 3 rings (SSSR count). The molecule has 0 atom stereocenters. The fourth-order valence-electron chi connectivity index (χ4n) is 2.41. The topological polar surface area (TPSA) is 26.3 Å². The third-order valence-electron chi connectivity index (χ3n) is 3.49. The van der Waals surface area contributed by atoms with E-state index in [1.807, 2.05) is 30.3 Å². The number of Topliss-reactive ketones (excluding diaryl/α,β-unsaturated/α-hetero) is 1. The molecule has 0 saturated carbocycles. The minimum Gasteiger partial charge on any atom is -0.489 e. The maximum absolute atomic E-state index is 11.4. The first kappa shape index (κ1) is 12.0. The number of carbonyl (C=O) groups is 1. The summed E-state index contributed by atoms with van der Waals surface area (Å²) in [7, 11) is 0. The number of carbonyl (C=O) groups excluding carboxylic acids is 1. The average molecular weight is 252 g/mol. The van der Waals surface area contributed by atoms with Crippen LogP contribution in [-0.2, 0) is 24.2 Å². The van der Waals surface area contributed by atoms with Gasteiger partial charge in [-0.1, -0.05) is 36.4 Å². The molecular weight excluding hydrogens is 236 g/mol. The molecule has 0 fully saturated rings. The van der Waals surface area contributed by atoms with Gasteiger partial charge >= 0.3 is 0 Å². The lowest BCUT2D eigenvalue weighted by molar-refractivity contribution is -0.118. The van der Waals surface area contributed by atoms with Crippen molar-refractivity contribution in [2.45, 2.75) is 25.9 Å². The molecule has 0 aliphatic heterocycles. The minimum absolute atomic E-state index is 0.338. The number of fused-ring (bicyclic) bond motifs is 1. The molecule has 2 aromatic rings. The Kier molecular flexibility index (Phi) is 3.32. The zero-order valence-electron chi connectivity index (χ0n) is 10.8. The Morgan fingerprint density at radius 1 is 0.947 bits per heavy atom. The molecule has 2 aromatic carbocycles. The monoisotopic (exact) mass is 252 g/mol. The van der Waals surface area contributed by atoms with E-state index in [4.69, 9.17) is 4.74 Å². The summed E-state index contributed by atoms with van der Waals surface area (Å²) in [5, 5.41) is 0. The predicted molar refractivity (Wildman–Crippen MR) is 74.2 cm³/mol. The highest BCUT2D eigenvalue weighted by atomic mass is 16.5. The van der Waals surface area contributed by atoms with Gasteiger partial charge in [0.05, 0.1) is 0 Å². The third-order valence-corrected chi connectivity index (χ3v) is 3.49. The van der Waals surface area contributed by atoms with Crippen LogP contribution in [0.25, 0.3) is 0 Å². The smallest absolute Gasteiger partial charge is 0.137 e. The van der Waals surface area contributed by atoms with E-state index in [0.29, 0.717) is 25.2 Å². The molecule has 96 valence electrons. The van der Waals surface area contributed by atoms with E-state index >= 15 is 0 Å². The first-order valence-corrected chi connectivity index (χ1v) is 6.61. The molecular formula is C17H16O2. The molecule has 0 aromatic heterocycles. The van der Waals surface area contributed by atoms with Crippen LogP contribution < -0.4 is 4.74 Å². The SMILES string of the molecule is O=C1CCc2cc(OCc3ccccc3)ccc2C1. The molecule has 0 unspecified atom stereocenters. The summed E-state index contributed by atoms with van der Waals surface area (Å²) in [5.41, 5.74) is 3.57. The Balaban J connectivity index is 1.71. The lowest BCUT2D eigenvalue weighted by Gasteiger charge is -2.16. The number of rotatable bonds is 3. The number of hydrogen-bond acceptors (Lipinski definition) is 2. The van der Waals surface area contributed by atoms with Crippen LogP contribution in [-0.4, -0.2) is 5.78 Å². The molecule has 0 radical (unpaired) electrons. The Labute approximate surface area is 113 Å². The molecule has 0 bridgehead atoms. The summed E-state index contributed by atoms with van der Waals surface area (Å²) >= 11 is 0. The van der Waals surface area contributed by atoms with Crippen molar-refractivity contribution in [2.24, 2.45) is 0 Å². The van der Waals surface area contributed by atoms with Crippen LogP contribution in [0.5, 0.6) is 5.75 Å². The highest BCUT2D eigenvalue weighted by molar-refractivity contribution is 5.83. The Hall–Kier alpha value is -2.09. The van der Waals surface area contributed by atoms with Crippen LogP contribution in [0.2, 0.25) is 0 Å². The van der Waals surface area contributed by atoms with Gasteiger partial charge in [-0.05, 0) is 35.2 Å². The largest absolute Gasteiger partial charge is 0.489 e. The van der Waals surface area contributed by atoms with Gasteiger partial charge in [-0.15, -0.1) is 0 Å². The lowest BCUT2D eigenvalue weighted by Crippen LogP contribution is -2.13. The maximum atomic E-state index is 11.4. The van der Waals surface area contributed by atoms with E-state index in [-0.39, 0.29) is 0 Å². The standard InChI is InChI=1S/C17H16O2/c18-16-8-6-15-11-17(9-7-14(15)10-16)19-12-13-4-2-1-3-5-13/h1-5,7,9,11H,6,8,10,12H2. The van der Waals surface area contributed by atoms with Gasteiger partial charge in [-0.25, -0.2) is 0 Å². The normalized spacial score (nSPS) is 14.0. The Morgan fingerprint density at radius 3 is 2.63 bits per heavy atom. The first-order valence-electron chi connectivity index (χ1n) is 6.61. The van der Waals surface area contributed by atoms with Crippen LogP contribution in [0.3, 0.4) is 0 Å². The van der Waals surface area contributed by atoms with E-state index in [9.17, 15) is 4.79 Å². The van der Waals surface area contributed by atoms with Crippen LogP contribution in [0, 0.1) is 0 Å². The number of ether oxygens (including phenoxy) is 1. The second kappa shape index (κ2) is 5.27. The summed E-state index contributed by atoms with van der Waals surface area (Å²) in [6.45, 7) is 0.582. The molecule has 2 nitrogen and oxygen atoms in total. The summed E-state index contributed by atoms with van der Waals surface area (Å²) in [6.07, 6.45) is 2.08. The van der Waals surface area contributed by atoms with Crippen molar-refractivity contribution in [3.63, 3.8) is 0 Å². The highest BCUT2D eigenvalue weighted by Gasteiger charge is 2.15. The van der Waals surface area contributed by atoms with Gasteiger partial charge in [0.25, 0.3) is 0 Å². The van der Waals surface area contributed by atoms with Crippen molar-refractivity contribution < 1.29 is 9.53 Å². The molecule has 1 aliphatic rings. The maximum Gasteiger partial charge on any atom is 0.137 e. The molecule has 0 saturated heterocycles. The fourth-order valence-corrected chi connectivity index (χ4v) is 2.41. The van der Waals surface area contributed by atoms with Gasteiger partial charge in [0.15, 0.2) is 0 Å². The third kappa shape index (κ3) is 2.84. The summed E-state index contributed by atoms with van der Waals surface area (Å²) in [6, 6.07) is 16.2. The molecule has 0 heterocycles. The molecule has 0 N–H and O–H groups in total. The van der Waals surface area contributed by atoms with Crippen LogP contribution >= 0.6 is 0 Å². The van der Waals surface area contributed by atoms with E-state index in [0.717, 1.165) is 23.3 Å². The minimum atomic E-state index is 0.338. The van der Waals surface area contributed by atoms with E-state index < -0.39 is 0 Å². The second-order valence-corrected chi connectivity index (χ2v) is 4.92. The van der Waals surface area contributed by atoms with Crippen molar-refractivity contribution >= 4 is 5.78 Å². The quantitative estimate of drug-likeness (QED) is 0.837. The van der Waals surface area contributed by atoms with Crippen molar-refractivity contribution in [3.05, 3.63) is 65.2 Å². The highest BCUT2D eigenvalue weighted by Crippen LogP contribution is 2.24. The van der Waals surface area contributed by atoms with Gasteiger partial charge in [-0.3, -0.25) is 4.79 Å². The number of hydrogen-bond donors (Lipinski definition) is 0. The summed E-state index contributed by atoms with van der Waals surface area (Å²) in [4.78, 5) is 11.4. The molecule has 2 heteroatoms. The number of aryl methyl sites for hydroxylation is 1. The van der Waals surface area contributed by atoms with Crippen LogP contribution in [0.1, 0.15) is 23.1 Å². The van der Waals surface area contributed by atoms with Crippen LogP contribution in [0.4, 0.5) is 0 Å². The van der Waals surface area contributed by atoms with E-state index in [1.54, 1.807) is 0 Å². The van der Waals surface area contributed by atoms with Crippen molar-refractivity contribution in [1.29, 1.82) is 0 Å². The van der Waals surface area contributed by atoms with Gasteiger partial charge in [0, 0.05) is 12.8 Å². The lowest BCUT2D eigenvalue weighted by atomic mass is 9.91. The number of benzene rings is 2. The molecule has 0 amide bonds. The molecule has 19 heavy (non-hydrogen) atoms. The van der Waals surface area contributed by atoms with Gasteiger partial charge in [0.2, 0.25) is 0 Å². The summed E-state index contributed by atoms with van der Waals surface area (Å²) < 4.78 is 5.80. The average Bonchev–Trinajstić information content (AvgIpc) is 2.46. The van der Waals surface area contributed by atoms with Crippen molar-refractivity contribution in [3.8, 4) is 5.75 Å². The van der Waals surface area contributed by atoms with Gasteiger partial charge < -0.3 is 4.74 Å². The Morgan fingerprint density at radius 2 is 1.79 bits per heavy atom.